The highest BCUT2D eigenvalue weighted by Crippen LogP contribution is 2.35. The summed E-state index contributed by atoms with van der Waals surface area (Å²) in [5.41, 5.74) is 8.72. The summed E-state index contributed by atoms with van der Waals surface area (Å²) in [6.07, 6.45) is 5.34. The first-order valence-electron chi connectivity index (χ1n) is 11.9. The maximum atomic E-state index is 10.9. The van der Waals surface area contributed by atoms with Crippen LogP contribution in [0.1, 0.15) is 37.3 Å². The second-order valence-corrected chi connectivity index (χ2v) is 9.08. The number of anilines is 1. The molecule has 3 aromatic rings. The summed E-state index contributed by atoms with van der Waals surface area (Å²) in [4.78, 5) is 2.23. The normalized spacial score (nSPS) is 14.2. The maximum Gasteiger partial charge on any atom is 0.139 e. The van der Waals surface area contributed by atoms with E-state index in [-0.39, 0.29) is 5.75 Å². The van der Waals surface area contributed by atoms with Crippen LogP contribution < -0.4 is 5.32 Å². The van der Waals surface area contributed by atoms with Gasteiger partial charge in [-0.1, -0.05) is 73.8 Å². The number of rotatable bonds is 7. The Morgan fingerprint density at radius 2 is 1.74 bits per heavy atom. The third-order valence-corrected chi connectivity index (χ3v) is 6.57. The SMILES string of the molecule is C=C(Nc1ccc(C(=C)N2CCCCC(C)=C2/C=C\S)cc1O)c1ccccc1-c1ccccc1. The molecule has 4 heteroatoms. The van der Waals surface area contributed by atoms with E-state index in [2.05, 4.69) is 61.1 Å². The Kier molecular flexibility index (Phi) is 7.84. The van der Waals surface area contributed by atoms with Gasteiger partial charge < -0.3 is 15.3 Å². The van der Waals surface area contributed by atoms with Crippen molar-refractivity contribution < 1.29 is 5.11 Å². The lowest BCUT2D eigenvalue weighted by Crippen LogP contribution is -2.21. The van der Waals surface area contributed by atoms with Gasteiger partial charge in [-0.25, -0.2) is 0 Å². The van der Waals surface area contributed by atoms with Crippen LogP contribution in [-0.2, 0) is 0 Å². The zero-order valence-electron chi connectivity index (χ0n) is 20.2. The number of phenols is 1. The van der Waals surface area contributed by atoms with E-state index in [1.807, 2.05) is 54.6 Å². The monoisotopic (exact) mass is 480 g/mol. The number of aromatic hydroxyl groups is 1. The number of allylic oxidation sites excluding steroid dienone is 2. The summed E-state index contributed by atoms with van der Waals surface area (Å²) in [5.74, 6) is 0.156. The average molecular weight is 481 g/mol. The Hall–Kier alpha value is -3.63. The highest BCUT2D eigenvalue weighted by molar-refractivity contribution is 7.83. The molecule has 0 radical (unpaired) electrons. The molecule has 1 aliphatic heterocycles. The molecule has 0 spiro atoms. The minimum absolute atomic E-state index is 0.156. The van der Waals surface area contributed by atoms with Crippen molar-refractivity contribution in [2.45, 2.75) is 26.2 Å². The van der Waals surface area contributed by atoms with E-state index in [9.17, 15) is 5.11 Å². The third kappa shape index (κ3) is 5.55. The van der Waals surface area contributed by atoms with Gasteiger partial charge in [-0.05, 0) is 66.5 Å². The largest absolute Gasteiger partial charge is 0.506 e. The lowest BCUT2D eigenvalue weighted by molar-refractivity contribution is 0.475. The lowest BCUT2D eigenvalue weighted by Gasteiger charge is -2.28. The number of benzene rings is 3. The smallest absolute Gasteiger partial charge is 0.139 e. The van der Waals surface area contributed by atoms with E-state index in [4.69, 9.17) is 0 Å². The van der Waals surface area contributed by atoms with Crippen molar-refractivity contribution in [3.05, 3.63) is 120 Å². The molecule has 0 saturated heterocycles. The molecule has 0 bridgehead atoms. The highest BCUT2D eigenvalue weighted by Gasteiger charge is 2.19. The van der Waals surface area contributed by atoms with Crippen LogP contribution >= 0.6 is 12.6 Å². The molecule has 0 atom stereocenters. The molecule has 35 heavy (non-hydrogen) atoms. The number of hydrogen-bond acceptors (Lipinski definition) is 4. The van der Waals surface area contributed by atoms with Crippen molar-refractivity contribution in [2.75, 3.05) is 11.9 Å². The summed E-state index contributed by atoms with van der Waals surface area (Å²) < 4.78 is 0. The minimum atomic E-state index is 0.156. The molecular formula is C31H32N2OS. The summed E-state index contributed by atoms with van der Waals surface area (Å²) in [6, 6.07) is 24.0. The van der Waals surface area contributed by atoms with Crippen LogP contribution in [-0.4, -0.2) is 16.6 Å². The molecule has 0 saturated carbocycles. The van der Waals surface area contributed by atoms with Crippen LogP contribution in [0.3, 0.4) is 0 Å². The second-order valence-electron chi connectivity index (χ2n) is 8.78. The maximum absolute atomic E-state index is 10.9. The van der Waals surface area contributed by atoms with Gasteiger partial charge in [0.25, 0.3) is 0 Å². The zero-order chi connectivity index (χ0) is 24.8. The third-order valence-electron chi connectivity index (χ3n) is 6.42. The van der Waals surface area contributed by atoms with E-state index in [1.165, 1.54) is 5.57 Å². The van der Waals surface area contributed by atoms with Crippen LogP contribution in [0.2, 0.25) is 0 Å². The van der Waals surface area contributed by atoms with E-state index in [0.29, 0.717) is 5.69 Å². The van der Waals surface area contributed by atoms with E-state index in [0.717, 1.165) is 65.2 Å². The first-order valence-corrected chi connectivity index (χ1v) is 12.4. The van der Waals surface area contributed by atoms with Gasteiger partial charge in [0.05, 0.1) is 5.69 Å². The standard InChI is InChI=1S/C31H32N2OS/c1-22-11-9-10-19-33(30(22)18-20-35)24(3)26-16-17-29(31(34)21-26)32-23(2)27-14-7-8-15-28(27)25-12-5-4-6-13-25/h4-8,12-18,20-21,32,34-35H,2-3,9-11,19H2,1H3/b20-18-. The van der Waals surface area contributed by atoms with Gasteiger partial charge in [0.2, 0.25) is 0 Å². The van der Waals surface area contributed by atoms with Crippen molar-refractivity contribution in [3.8, 4) is 16.9 Å². The van der Waals surface area contributed by atoms with Crippen molar-refractivity contribution in [1.29, 1.82) is 0 Å². The Bertz CT molecular complexity index is 1290. The molecule has 1 aliphatic rings. The van der Waals surface area contributed by atoms with Gasteiger partial charge in [-0.3, -0.25) is 0 Å². The molecule has 3 aromatic carbocycles. The fraction of sp³-hybridized carbons (Fsp3) is 0.161. The molecule has 0 fully saturated rings. The second kappa shape index (κ2) is 11.2. The van der Waals surface area contributed by atoms with Crippen molar-refractivity contribution >= 4 is 29.7 Å². The summed E-state index contributed by atoms with van der Waals surface area (Å²) in [5, 5.41) is 16.0. The number of phenolic OH excluding ortho intramolecular Hbond substituents is 1. The summed E-state index contributed by atoms with van der Waals surface area (Å²) >= 11 is 4.30. The quantitative estimate of drug-likeness (QED) is 0.235. The van der Waals surface area contributed by atoms with Crippen molar-refractivity contribution in [2.24, 2.45) is 0 Å². The average Bonchev–Trinajstić information content (AvgIpc) is 3.06. The van der Waals surface area contributed by atoms with E-state index in [1.54, 1.807) is 11.5 Å². The predicted octanol–water partition coefficient (Wildman–Crippen LogP) is 8.32. The predicted molar refractivity (Wildman–Crippen MR) is 153 cm³/mol. The Balaban J connectivity index is 1.57. The molecule has 2 N–H and O–H groups in total. The van der Waals surface area contributed by atoms with Gasteiger partial charge in [0.15, 0.2) is 0 Å². The molecule has 3 nitrogen and oxygen atoms in total. The number of nitrogens with one attached hydrogen (secondary N) is 1. The van der Waals surface area contributed by atoms with Gasteiger partial charge in [-0.2, -0.15) is 12.6 Å². The van der Waals surface area contributed by atoms with Crippen LogP contribution in [0.5, 0.6) is 5.75 Å². The molecule has 4 rings (SSSR count). The van der Waals surface area contributed by atoms with E-state index < -0.39 is 0 Å². The van der Waals surface area contributed by atoms with Gasteiger partial charge in [-0.15, -0.1) is 0 Å². The molecular weight excluding hydrogens is 448 g/mol. The number of thiol groups is 1. The molecule has 1 heterocycles. The van der Waals surface area contributed by atoms with Crippen LogP contribution in [0, 0.1) is 0 Å². The fourth-order valence-corrected chi connectivity index (χ4v) is 4.68. The highest BCUT2D eigenvalue weighted by atomic mass is 32.1. The van der Waals surface area contributed by atoms with Crippen LogP contribution in [0.25, 0.3) is 22.5 Å². The zero-order valence-corrected chi connectivity index (χ0v) is 21.1. The van der Waals surface area contributed by atoms with Gasteiger partial charge in [0, 0.05) is 34.8 Å². The molecule has 0 amide bonds. The van der Waals surface area contributed by atoms with Crippen molar-refractivity contribution in [3.63, 3.8) is 0 Å². The first kappa shape index (κ1) is 24.5. The summed E-state index contributed by atoms with van der Waals surface area (Å²) in [7, 11) is 0. The van der Waals surface area contributed by atoms with Gasteiger partial charge >= 0.3 is 0 Å². The number of hydrogen-bond donors (Lipinski definition) is 3. The van der Waals surface area contributed by atoms with Crippen molar-refractivity contribution in [1.82, 2.24) is 4.90 Å². The molecule has 0 aliphatic carbocycles. The topological polar surface area (TPSA) is 35.5 Å². The molecule has 0 aromatic heterocycles. The first-order chi connectivity index (χ1) is 17.0. The van der Waals surface area contributed by atoms with Crippen LogP contribution in [0.4, 0.5) is 5.69 Å². The molecule has 178 valence electrons. The lowest BCUT2D eigenvalue weighted by atomic mass is 9.98. The summed E-state index contributed by atoms with van der Waals surface area (Å²) in [6.45, 7) is 11.7. The molecule has 0 unspecified atom stereocenters. The minimum Gasteiger partial charge on any atom is -0.506 e. The number of nitrogens with zero attached hydrogens (tertiary/aromatic N) is 1. The Morgan fingerprint density at radius 3 is 2.49 bits per heavy atom. The fourth-order valence-electron chi connectivity index (χ4n) is 4.54. The van der Waals surface area contributed by atoms with Gasteiger partial charge in [0.1, 0.15) is 5.75 Å². The Morgan fingerprint density at radius 1 is 1.00 bits per heavy atom. The van der Waals surface area contributed by atoms with Crippen LogP contribution in [0.15, 0.2) is 109 Å². The Labute approximate surface area is 214 Å². The van der Waals surface area contributed by atoms with E-state index >= 15 is 0 Å².